The van der Waals surface area contributed by atoms with Gasteiger partial charge < -0.3 is 0 Å². The molecule has 2 aromatic carbocycles. The van der Waals surface area contributed by atoms with Gasteiger partial charge in [0.05, 0.1) is 17.7 Å². The van der Waals surface area contributed by atoms with E-state index in [1.165, 1.54) is 10.5 Å². The minimum Gasteiger partial charge on any atom is -0.270 e. The van der Waals surface area contributed by atoms with Crippen LogP contribution in [0.3, 0.4) is 0 Å². The zero-order valence-electron chi connectivity index (χ0n) is 12.4. The van der Waals surface area contributed by atoms with E-state index in [1.54, 1.807) is 24.3 Å². The number of carbonyl (C=O) groups is 2. The molecule has 3 rings (SSSR count). The molecule has 0 saturated heterocycles. The van der Waals surface area contributed by atoms with Crippen molar-refractivity contribution in [3.8, 4) is 0 Å². The van der Waals surface area contributed by atoms with Gasteiger partial charge in [0.15, 0.2) is 0 Å². The van der Waals surface area contributed by atoms with E-state index < -0.39 is 0 Å². The van der Waals surface area contributed by atoms with Gasteiger partial charge in [0.2, 0.25) is 0 Å². The second-order valence-corrected chi connectivity index (χ2v) is 5.62. The molecule has 0 aromatic heterocycles. The van der Waals surface area contributed by atoms with Crippen LogP contribution in [-0.4, -0.2) is 16.7 Å². The number of benzene rings is 2. The number of imide groups is 1. The number of amides is 2. The van der Waals surface area contributed by atoms with Gasteiger partial charge in [-0.3, -0.25) is 14.5 Å². The van der Waals surface area contributed by atoms with Crippen molar-refractivity contribution in [2.45, 2.75) is 27.3 Å². The smallest absolute Gasteiger partial charge is 0.261 e. The number of hydrogen-bond donors (Lipinski definition) is 0. The summed E-state index contributed by atoms with van der Waals surface area (Å²) in [6.45, 7) is 6.43. The van der Waals surface area contributed by atoms with Crippen LogP contribution in [0.5, 0.6) is 0 Å². The van der Waals surface area contributed by atoms with Crippen LogP contribution in [0.1, 0.15) is 43.0 Å². The molecule has 0 bridgehead atoms. The molecule has 1 aliphatic rings. The summed E-state index contributed by atoms with van der Waals surface area (Å²) in [4.78, 5) is 26.2. The first-order chi connectivity index (χ1) is 9.99. The van der Waals surface area contributed by atoms with E-state index in [0.29, 0.717) is 17.7 Å². The van der Waals surface area contributed by atoms with Crippen LogP contribution in [0.25, 0.3) is 0 Å². The number of rotatable bonds is 2. The zero-order valence-corrected chi connectivity index (χ0v) is 12.4. The van der Waals surface area contributed by atoms with Crippen LogP contribution in [0.15, 0.2) is 36.4 Å². The van der Waals surface area contributed by atoms with Gasteiger partial charge in [0, 0.05) is 0 Å². The number of carbonyl (C=O) groups excluding carboxylic acids is 2. The highest BCUT2D eigenvalue weighted by atomic mass is 16.2. The van der Waals surface area contributed by atoms with Gasteiger partial charge >= 0.3 is 0 Å². The predicted molar refractivity (Wildman–Crippen MR) is 81.3 cm³/mol. The van der Waals surface area contributed by atoms with Crippen LogP contribution >= 0.6 is 0 Å². The fourth-order valence-electron chi connectivity index (χ4n) is 3.00. The van der Waals surface area contributed by atoms with Gasteiger partial charge in [0.1, 0.15) is 0 Å². The molecule has 0 N–H and O–H groups in total. The first-order valence-electron chi connectivity index (χ1n) is 7.01. The van der Waals surface area contributed by atoms with E-state index in [-0.39, 0.29) is 11.8 Å². The summed E-state index contributed by atoms with van der Waals surface area (Å²) >= 11 is 0. The Hall–Kier alpha value is -2.42. The average Bonchev–Trinajstić information content (AvgIpc) is 2.67. The molecular weight excluding hydrogens is 262 g/mol. The Labute approximate surface area is 124 Å². The van der Waals surface area contributed by atoms with Crippen molar-refractivity contribution in [1.29, 1.82) is 0 Å². The summed E-state index contributed by atoms with van der Waals surface area (Å²) in [6, 6.07) is 11.2. The normalized spacial score (nSPS) is 13.8. The van der Waals surface area contributed by atoms with Crippen molar-refractivity contribution in [3.63, 3.8) is 0 Å². The second-order valence-electron chi connectivity index (χ2n) is 5.62. The lowest BCUT2D eigenvalue weighted by molar-refractivity contribution is 0.0642. The Morgan fingerprint density at radius 3 is 1.81 bits per heavy atom. The average molecular weight is 279 g/mol. The Morgan fingerprint density at radius 1 is 0.857 bits per heavy atom. The van der Waals surface area contributed by atoms with Gasteiger partial charge in [-0.2, -0.15) is 0 Å². The summed E-state index contributed by atoms with van der Waals surface area (Å²) in [6.07, 6.45) is 0. The van der Waals surface area contributed by atoms with Crippen LogP contribution in [0, 0.1) is 20.8 Å². The standard InChI is InChI=1S/C18H17NO2/c1-11-8-12(2)16(13(3)9-11)10-19-17(20)14-6-4-5-7-15(14)18(19)21/h4-9H,10H2,1-3H3. The maximum absolute atomic E-state index is 12.4. The van der Waals surface area contributed by atoms with Crippen molar-refractivity contribution in [3.05, 3.63) is 69.8 Å². The van der Waals surface area contributed by atoms with Crippen molar-refractivity contribution >= 4 is 11.8 Å². The molecule has 2 aromatic rings. The first kappa shape index (κ1) is 13.6. The molecule has 2 amide bonds. The van der Waals surface area contributed by atoms with E-state index in [0.717, 1.165) is 16.7 Å². The lowest BCUT2D eigenvalue weighted by Gasteiger charge is -2.18. The van der Waals surface area contributed by atoms with Crippen molar-refractivity contribution < 1.29 is 9.59 Å². The lowest BCUT2D eigenvalue weighted by atomic mass is 9.99. The summed E-state index contributed by atoms with van der Waals surface area (Å²) < 4.78 is 0. The Morgan fingerprint density at radius 2 is 1.33 bits per heavy atom. The van der Waals surface area contributed by atoms with E-state index in [1.807, 2.05) is 20.8 Å². The van der Waals surface area contributed by atoms with E-state index in [4.69, 9.17) is 0 Å². The molecule has 3 nitrogen and oxygen atoms in total. The third-order valence-electron chi connectivity index (χ3n) is 4.03. The van der Waals surface area contributed by atoms with Crippen LogP contribution in [0.4, 0.5) is 0 Å². The molecule has 1 aliphatic heterocycles. The van der Waals surface area contributed by atoms with E-state index in [2.05, 4.69) is 12.1 Å². The monoisotopic (exact) mass is 279 g/mol. The van der Waals surface area contributed by atoms with Gasteiger partial charge in [-0.05, 0) is 49.6 Å². The summed E-state index contributed by atoms with van der Waals surface area (Å²) in [5.74, 6) is -0.398. The zero-order chi connectivity index (χ0) is 15.1. The Balaban J connectivity index is 1.98. The summed E-state index contributed by atoms with van der Waals surface area (Å²) in [5.41, 5.74) is 5.48. The summed E-state index contributed by atoms with van der Waals surface area (Å²) in [7, 11) is 0. The van der Waals surface area contributed by atoms with Crippen LogP contribution in [0.2, 0.25) is 0 Å². The molecule has 0 fully saturated rings. The second kappa shape index (κ2) is 4.85. The molecule has 0 unspecified atom stereocenters. The molecule has 0 saturated carbocycles. The van der Waals surface area contributed by atoms with Crippen molar-refractivity contribution in [1.82, 2.24) is 4.90 Å². The van der Waals surface area contributed by atoms with Gasteiger partial charge in [0.25, 0.3) is 11.8 Å². The molecule has 21 heavy (non-hydrogen) atoms. The summed E-state index contributed by atoms with van der Waals surface area (Å²) in [5, 5.41) is 0. The molecule has 0 spiro atoms. The van der Waals surface area contributed by atoms with Crippen LogP contribution in [-0.2, 0) is 6.54 Å². The maximum Gasteiger partial charge on any atom is 0.261 e. The molecule has 0 radical (unpaired) electrons. The molecule has 3 heteroatoms. The van der Waals surface area contributed by atoms with Gasteiger partial charge in [-0.1, -0.05) is 29.8 Å². The minimum atomic E-state index is -0.199. The quantitative estimate of drug-likeness (QED) is 0.790. The van der Waals surface area contributed by atoms with Crippen LogP contribution < -0.4 is 0 Å². The largest absolute Gasteiger partial charge is 0.270 e. The maximum atomic E-state index is 12.4. The third-order valence-corrected chi connectivity index (χ3v) is 4.03. The lowest BCUT2D eigenvalue weighted by Crippen LogP contribution is -2.29. The van der Waals surface area contributed by atoms with E-state index >= 15 is 0 Å². The predicted octanol–water partition coefficient (Wildman–Crippen LogP) is 3.41. The number of nitrogens with zero attached hydrogens (tertiary/aromatic N) is 1. The van der Waals surface area contributed by atoms with Gasteiger partial charge in [-0.15, -0.1) is 0 Å². The number of hydrogen-bond acceptors (Lipinski definition) is 2. The fraction of sp³-hybridized carbons (Fsp3) is 0.222. The topological polar surface area (TPSA) is 37.4 Å². The number of aryl methyl sites for hydroxylation is 3. The highest BCUT2D eigenvalue weighted by Gasteiger charge is 2.35. The Kier molecular flexibility index (Phi) is 3.13. The highest BCUT2D eigenvalue weighted by molar-refractivity contribution is 6.21. The first-order valence-corrected chi connectivity index (χ1v) is 7.01. The van der Waals surface area contributed by atoms with Crippen molar-refractivity contribution in [2.75, 3.05) is 0 Å². The molecule has 106 valence electrons. The fourth-order valence-corrected chi connectivity index (χ4v) is 3.00. The van der Waals surface area contributed by atoms with Gasteiger partial charge in [-0.25, -0.2) is 0 Å². The number of fused-ring (bicyclic) bond motifs is 1. The highest BCUT2D eigenvalue weighted by Crippen LogP contribution is 2.26. The SMILES string of the molecule is Cc1cc(C)c(CN2C(=O)c3ccccc3C2=O)c(C)c1. The molecular formula is C18H17NO2. The van der Waals surface area contributed by atoms with Crippen molar-refractivity contribution in [2.24, 2.45) is 0 Å². The third kappa shape index (κ3) is 2.15. The molecule has 0 aliphatic carbocycles. The minimum absolute atomic E-state index is 0.199. The molecule has 1 heterocycles. The Bertz CT molecular complexity index is 704. The molecule has 0 atom stereocenters. The van der Waals surface area contributed by atoms with E-state index in [9.17, 15) is 9.59 Å².